The van der Waals surface area contributed by atoms with Crippen molar-refractivity contribution >= 4 is 0 Å². The summed E-state index contributed by atoms with van der Waals surface area (Å²) in [5.74, 6) is 0. The predicted molar refractivity (Wildman–Crippen MR) is 43.7 cm³/mol. The summed E-state index contributed by atoms with van der Waals surface area (Å²) in [7, 11) is 2.35. The first-order valence-electron chi connectivity index (χ1n) is 4.30. The van der Waals surface area contributed by atoms with Crippen molar-refractivity contribution in [2.75, 3.05) is 33.2 Å². The fourth-order valence-corrected chi connectivity index (χ4v) is 1.80. The lowest BCUT2D eigenvalue weighted by Gasteiger charge is -2.28. The van der Waals surface area contributed by atoms with Gasteiger partial charge in [-0.25, -0.2) is 0 Å². The number of nitrogens with two attached hydrogens (primary N) is 1. The fraction of sp³-hybridized carbons (Fsp3) is 1.00. The van der Waals surface area contributed by atoms with Crippen molar-refractivity contribution in [2.45, 2.75) is 19.3 Å². The summed E-state index contributed by atoms with van der Waals surface area (Å²) in [5, 5.41) is 0. The summed E-state index contributed by atoms with van der Waals surface area (Å²) < 4.78 is 1.27. The molecular weight excluding hydrogens is 124 g/mol. The molecule has 1 saturated heterocycles. The van der Waals surface area contributed by atoms with Crippen LogP contribution in [0.3, 0.4) is 0 Å². The highest BCUT2D eigenvalue weighted by Crippen LogP contribution is 2.15. The number of likely N-dealkylation sites (tertiary alicyclic amines) is 1. The maximum absolute atomic E-state index is 5.46. The quantitative estimate of drug-likeness (QED) is 0.574. The van der Waals surface area contributed by atoms with E-state index in [1.54, 1.807) is 0 Å². The zero-order valence-electron chi connectivity index (χ0n) is 6.97. The van der Waals surface area contributed by atoms with Gasteiger partial charge < -0.3 is 10.2 Å². The minimum Gasteiger partial charge on any atom is -0.330 e. The molecule has 0 aromatic rings. The Morgan fingerprint density at radius 3 is 2.40 bits per heavy atom. The van der Waals surface area contributed by atoms with E-state index in [1.165, 1.54) is 43.4 Å². The van der Waals surface area contributed by atoms with Gasteiger partial charge >= 0.3 is 0 Å². The molecule has 0 saturated carbocycles. The van der Waals surface area contributed by atoms with Crippen molar-refractivity contribution in [1.82, 2.24) is 0 Å². The first-order valence-corrected chi connectivity index (χ1v) is 4.30. The molecule has 0 amide bonds. The highest BCUT2D eigenvalue weighted by atomic mass is 15.3. The van der Waals surface area contributed by atoms with Crippen molar-refractivity contribution in [3.8, 4) is 0 Å². The van der Waals surface area contributed by atoms with Gasteiger partial charge in [-0.1, -0.05) is 0 Å². The van der Waals surface area contributed by atoms with Gasteiger partial charge in [-0.2, -0.15) is 0 Å². The Morgan fingerprint density at radius 1 is 1.30 bits per heavy atom. The van der Waals surface area contributed by atoms with E-state index in [0.29, 0.717) is 0 Å². The van der Waals surface area contributed by atoms with Crippen molar-refractivity contribution in [2.24, 2.45) is 5.73 Å². The SMILES string of the molecule is C[N+]1(CCCN)CCCC1. The second-order valence-corrected chi connectivity index (χ2v) is 3.64. The molecule has 0 atom stereocenters. The van der Waals surface area contributed by atoms with Crippen LogP contribution in [0, 0.1) is 0 Å². The van der Waals surface area contributed by atoms with Gasteiger partial charge in [0.25, 0.3) is 0 Å². The van der Waals surface area contributed by atoms with E-state index in [9.17, 15) is 0 Å². The Bertz CT molecular complexity index is 95.4. The molecule has 1 fully saturated rings. The van der Waals surface area contributed by atoms with Crippen molar-refractivity contribution in [1.29, 1.82) is 0 Å². The van der Waals surface area contributed by atoms with Crippen molar-refractivity contribution in [3.05, 3.63) is 0 Å². The molecule has 0 aromatic heterocycles. The van der Waals surface area contributed by atoms with Crippen LogP contribution in [-0.2, 0) is 0 Å². The van der Waals surface area contributed by atoms with Crippen LogP contribution in [0.5, 0.6) is 0 Å². The standard InChI is InChI=1S/C8H19N2/c1-10(8-4-5-9)6-2-3-7-10/h2-9H2,1H3/q+1. The monoisotopic (exact) mass is 143 g/mol. The molecule has 1 aliphatic rings. The summed E-state index contributed by atoms with van der Waals surface area (Å²) >= 11 is 0. The number of nitrogens with zero attached hydrogens (tertiary/aromatic N) is 1. The molecule has 1 heterocycles. The van der Waals surface area contributed by atoms with Gasteiger partial charge in [0.2, 0.25) is 0 Å². The van der Waals surface area contributed by atoms with E-state index in [4.69, 9.17) is 5.73 Å². The molecule has 1 aliphatic heterocycles. The fourth-order valence-electron chi connectivity index (χ4n) is 1.80. The van der Waals surface area contributed by atoms with Gasteiger partial charge in [0, 0.05) is 19.3 Å². The molecule has 2 nitrogen and oxygen atoms in total. The third kappa shape index (κ3) is 1.96. The zero-order chi connectivity index (χ0) is 7.45. The summed E-state index contributed by atoms with van der Waals surface area (Å²) in [6, 6.07) is 0. The molecule has 0 radical (unpaired) electrons. The van der Waals surface area contributed by atoms with E-state index < -0.39 is 0 Å². The maximum Gasteiger partial charge on any atom is 0.0796 e. The molecule has 2 heteroatoms. The number of hydrogen-bond acceptors (Lipinski definition) is 1. The molecule has 0 aliphatic carbocycles. The predicted octanol–water partition coefficient (Wildman–Crippen LogP) is 0.576. The minimum absolute atomic E-state index is 0.855. The average Bonchev–Trinajstić information content (AvgIpc) is 2.33. The molecule has 1 rings (SSSR count). The first kappa shape index (κ1) is 8.02. The van der Waals surface area contributed by atoms with Gasteiger partial charge in [-0.05, 0) is 6.54 Å². The van der Waals surface area contributed by atoms with Crippen LogP contribution < -0.4 is 5.73 Å². The van der Waals surface area contributed by atoms with Gasteiger partial charge in [-0.3, -0.25) is 0 Å². The first-order chi connectivity index (χ1) is 4.77. The molecule has 0 spiro atoms. The van der Waals surface area contributed by atoms with Gasteiger partial charge in [0.1, 0.15) is 0 Å². The summed E-state index contributed by atoms with van der Waals surface area (Å²) in [5.41, 5.74) is 5.46. The topological polar surface area (TPSA) is 26.0 Å². The van der Waals surface area contributed by atoms with Crippen LogP contribution >= 0.6 is 0 Å². The molecule has 0 unspecified atom stereocenters. The lowest BCUT2D eigenvalue weighted by Crippen LogP contribution is -2.42. The van der Waals surface area contributed by atoms with Crippen molar-refractivity contribution < 1.29 is 4.48 Å². The molecule has 2 N–H and O–H groups in total. The van der Waals surface area contributed by atoms with Crippen molar-refractivity contribution in [3.63, 3.8) is 0 Å². The van der Waals surface area contributed by atoms with Crippen LogP contribution in [0.4, 0.5) is 0 Å². The Labute approximate surface area is 63.6 Å². The van der Waals surface area contributed by atoms with Crippen LogP contribution in [0.25, 0.3) is 0 Å². The number of hydrogen-bond donors (Lipinski definition) is 1. The van der Waals surface area contributed by atoms with Gasteiger partial charge in [-0.15, -0.1) is 0 Å². The molecule has 0 aromatic carbocycles. The third-order valence-corrected chi connectivity index (χ3v) is 2.55. The number of rotatable bonds is 3. The maximum atomic E-state index is 5.46. The Morgan fingerprint density at radius 2 is 1.90 bits per heavy atom. The summed E-state index contributed by atoms with van der Waals surface area (Å²) in [4.78, 5) is 0. The average molecular weight is 143 g/mol. The van der Waals surface area contributed by atoms with E-state index >= 15 is 0 Å². The van der Waals surface area contributed by atoms with Gasteiger partial charge in [0.05, 0.1) is 26.7 Å². The molecular formula is C8H19N2+. The summed E-state index contributed by atoms with van der Waals surface area (Å²) in [6.07, 6.45) is 4.03. The smallest absolute Gasteiger partial charge is 0.0796 e. The largest absolute Gasteiger partial charge is 0.330 e. The summed E-state index contributed by atoms with van der Waals surface area (Å²) in [6.45, 7) is 4.89. The lowest BCUT2D eigenvalue weighted by molar-refractivity contribution is -0.897. The second kappa shape index (κ2) is 3.35. The Kier molecular flexibility index (Phi) is 2.69. The Balaban J connectivity index is 2.22. The Hall–Kier alpha value is -0.0800. The zero-order valence-corrected chi connectivity index (χ0v) is 6.97. The lowest BCUT2D eigenvalue weighted by atomic mass is 10.3. The van der Waals surface area contributed by atoms with Crippen LogP contribution in [0.2, 0.25) is 0 Å². The second-order valence-electron chi connectivity index (χ2n) is 3.64. The molecule has 60 valence electrons. The van der Waals surface area contributed by atoms with E-state index in [-0.39, 0.29) is 0 Å². The molecule has 0 bridgehead atoms. The number of quaternary nitrogens is 1. The van der Waals surface area contributed by atoms with E-state index in [0.717, 1.165) is 6.54 Å². The van der Waals surface area contributed by atoms with E-state index in [1.807, 2.05) is 0 Å². The third-order valence-electron chi connectivity index (χ3n) is 2.55. The normalized spacial score (nSPS) is 23.4. The van der Waals surface area contributed by atoms with E-state index in [2.05, 4.69) is 7.05 Å². The molecule has 10 heavy (non-hydrogen) atoms. The van der Waals surface area contributed by atoms with Gasteiger partial charge in [0.15, 0.2) is 0 Å². The highest BCUT2D eigenvalue weighted by molar-refractivity contribution is 4.51. The van der Waals surface area contributed by atoms with Crippen LogP contribution in [0.1, 0.15) is 19.3 Å². The minimum atomic E-state index is 0.855. The highest BCUT2D eigenvalue weighted by Gasteiger charge is 2.25. The van der Waals surface area contributed by atoms with Crippen LogP contribution in [-0.4, -0.2) is 37.7 Å². The van der Waals surface area contributed by atoms with Crippen LogP contribution in [0.15, 0.2) is 0 Å².